The van der Waals surface area contributed by atoms with E-state index >= 15 is 0 Å². The number of hydrogen-bond acceptors (Lipinski definition) is 2. The molecule has 1 aliphatic rings. The molecule has 160 valence electrons. The smallest absolute Gasteiger partial charge is 0.137 e. The van der Waals surface area contributed by atoms with Crippen molar-refractivity contribution in [2.45, 2.75) is 59.8 Å². The van der Waals surface area contributed by atoms with Gasteiger partial charge in [0.05, 0.1) is 0 Å². The summed E-state index contributed by atoms with van der Waals surface area (Å²) in [4.78, 5) is 12.8. The molecule has 0 aliphatic heterocycles. The molecule has 1 aromatic heterocycles. The zero-order chi connectivity index (χ0) is 22.0. The first-order valence-electron chi connectivity index (χ1n) is 11.5. The number of carbonyl (C=O) groups excluding carboxylic acids is 1. The van der Waals surface area contributed by atoms with E-state index in [1.165, 1.54) is 33.4 Å². The number of rotatable bonds is 8. The summed E-state index contributed by atoms with van der Waals surface area (Å²) in [5.41, 5.74) is 8.51. The number of furan rings is 1. The van der Waals surface area contributed by atoms with E-state index in [0.717, 1.165) is 36.0 Å². The van der Waals surface area contributed by atoms with Crippen LogP contribution in [-0.2, 0) is 17.6 Å². The second-order valence-electron chi connectivity index (χ2n) is 8.76. The Morgan fingerprint density at radius 3 is 2.65 bits per heavy atom. The lowest BCUT2D eigenvalue weighted by Gasteiger charge is -2.17. The van der Waals surface area contributed by atoms with Crippen molar-refractivity contribution in [2.24, 2.45) is 5.92 Å². The number of fused-ring (bicyclic) bond motifs is 1. The van der Waals surface area contributed by atoms with Gasteiger partial charge in [0, 0.05) is 29.7 Å². The average molecular weight is 413 g/mol. The standard InChI is InChI=1S/C29H32O2/c1-5-21-9-7-8-20(4)27(21)18-24(30)13-11-22-12-14-26(25(22)6-2)29-17-23-16-19(3)10-15-28(23)31-29/h7-10,12,14-17,25H,5-6,11,13,18H2,1-4H3. The minimum atomic E-state index is 0.326. The van der Waals surface area contributed by atoms with Crippen LogP contribution in [0, 0.1) is 19.8 Å². The molecule has 1 heterocycles. The second-order valence-corrected chi connectivity index (χ2v) is 8.76. The summed E-state index contributed by atoms with van der Waals surface area (Å²) in [6.07, 6.45) is 8.35. The van der Waals surface area contributed by atoms with Gasteiger partial charge >= 0.3 is 0 Å². The van der Waals surface area contributed by atoms with Crippen LogP contribution in [0.2, 0.25) is 0 Å². The molecular weight excluding hydrogens is 380 g/mol. The van der Waals surface area contributed by atoms with E-state index in [-0.39, 0.29) is 0 Å². The number of allylic oxidation sites excluding steroid dienone is 4. The highest BCUT2D eigenvalue weighted by Gasteiger charge is 2.25. The first-order chi connectivity index (χ1) is 15.0. The van der Waals surface area contributed by atoms with Crippen LogP contribution < -0.4 is 0 Å². The molecule has 1 unspecified atom stereocenters. The molecule has 2 aromatic carbocycles. The van der Waals surface area contributed by atoms with Crippen LogP contribution in [0.3, 0.4) is 0 Å². The first-order valence-corrected chi connectivity index (χ1v) is 11.5. The molecule has 3 aromatic rings. The number of carbonyl (C=O) groups is 1. The van der Waals surface area contributed by atoms with Gasteiger partial charge in [-0.05, 0) is 68.0 Å². The summed E-state index contributed by atoms with van der Waals surface area (Å²) >= 11 is 0. The minimum absolute atomic E-state index is 0.326. The average Bonchev–Trinajstić information content (AvgIpc) is 3.36. The Morgan fingerprint density at radius 1 is 1.03 bits per heavy atom. The van der Waals surface area contributed by atoms with Crippen molar-refractivity contribution >= 4 is 22.3 Å². The summed E-state index contributed by atoms with van der Waals surface area (Å²) in [6, 6.07) is 14.8. The van der Waals surface area contributed by atoms with Crippen LogP contribution in [0.5, 0.6) is 0 Å². The van der Waals surface area contributed by atoms with Crippen molar-refractivity contribution in [3.63, 3.8) is 0 Å². The van der Waals surface area contributed by atoms with Crippen LogP contribution in [0.25, 0.3) is 16.5 Å². The quantitative estimate of drug-likeness (QED) is 0.382. The van der Waals surface area contributed by atoms with Gasteiger partial charge in [0.1, 0.15) is 17.1 Å². The van der Waals surface area contributed by atoms with E-state index < -0.39 is 0 Å². The molecule has 4 rings (SSSR count). The maximum absolute atomic E-state index is 12.8. The van der Waals surface area contributed by atoms with Crippen LogP contribution >= 0.6 is 0 Å². The third kappa shape index (κ3) is 4.44. The van der Waals surface area contributed by atoms with Crippen molar-refractivity contribution in [1.82, 2.24) is 0 Å². The van der Waals surface area contributed by atoms with Gasteiger partial charge in [0.25, 0.3) is 0 Å². The van der Waals surface area contributed by atoms with Gasteiger partial charge < -0.3 is 4.42 Å². The third-order valence-electron chi connectivity index (χ3n) is 6.62. The van der Waals surface area contributed by atoms with E-state index in [4.69, 9.17) is 4.42 Å². The van der Waals surface area contributed by atoms with Crippen LogP contribution in [0.15, 0.2) is 64.6 Å². The minimum Gasteiger partial charge on any atom is -0.456 e. The predicted octanol–water partition coefficient (Wildman–Crippen LogP) is 7.55. The molecule has 2 nitrogen and oxygen atoms in total. The second kappa shape index (κ2) is 9.09. The fourth-order valence-corrected chi connectivity index (χ4v) is 4.84. The van der Waals surface area contributed by atoms with E-state index in [9.17, 15) is 4.79 Å². The number of ketones is 1. The Bertz CT molecular complexity index is 1170. The summed E-state index contributed by atoms with van der Waals surface area (Å²) in [6.45, 7) is 8.59. The maximum Gasteiger partial charge on any atom is 0.137 e. The monoisotopic (exact) mass is 412 g/mol. The summed E-state index contributed by atoms with van der Waals surface area (Å²) in [7, 11) is 0. The Labute approximate surface area is 185 Å². The molecule has 1 aliphatic carbocycles. The number of Topliss-reactive ketones (excluding diaryl/α,β-unsaturated/α-hetero) is 1. The van der Waals surface area contributed by atoms with E-state index in [1.54, 1.807) is 0 Å². The van der Waals surface area contributed by atoms with Crippen molar-refractivity contribution in [2.75, 3.05) is 0 Å². The van der Waals surface area contributed by atoms with Gasteiger partial charge in [-0.1, -0.05) is 61.4 Å². The largest absolute Gasteiger partial charge is 0.456 e. The Balaban J connectivity index is 1.42. The lowest BCUT2D eigenvalue weighted by atomic mass is 9.88. The molecule has 0 bridgehead atoms. The van der Waals surface area contributed by atoms with Gasteiger partial charge in [0.2, 0.25) is 0 Å². The molecule has 0 radical (unpaired) electrons. The molecule has 0 N–H and O–H groups in total. The summed E-state index contributed by atoms with van der Waals surface area (Å²) < 4.78 is 6.16. The number of benzene rings is 2. The topological polar surface area (TPSA) is 30.2 Å². The fraction of sp³-hybridized carbons (Fsp3) is 0.345. The van der Waals surface area contributed by atoms with Crippen molar-refractivity contribution in [3.8, 4) is 0 Å². The molecule has 1 atom stereocenters. The van der Waals surface area contributed by atoms with E-state index in [2.05, 4.69) is 76.2 Å². The van der Waals surface area contributed by atoms with Gasteiger partial charge in [-0.3, -0.25) is 4.79 Å². The number of hydrogen-bond donors (Lipinski definition) is 0. The molecule has 31 heavy (non-hydrogen) atoms. The van der Waals surface area contributed by atoms with Crippen molar-refractivity contribution < 1.29 is 9.21 Å². The Kier molecular flexibility index (Phi) is 6.27. The molecule has 2 heteroatoms. The Morgan fingerprint density at radius 2 is 1.87 bits per heavy atom. The summed E-state index contributed by atoms with van der Waals surface area (Å²) in [5.74, 6) is 1.61. The zero-order valence-electron chi connectivity index (χ0n) is 19.1. The van der Waals surface area contributed by atoms with Crippen LogP contribution in [-0.4, -0.2) is 5.78 Å². The normalized spacial score (nSPS) is 15.9. The Hall–Kier alpha value is -2.87. The highest BCUT2D eigenvalue weighted by molar-refractivity contribution is 5.85. The van der Waals surface area contributed by atoms with Gasteiger partial charge in [0.15, 0.2) is 0 Å². The van der Waals surface area contributed by atoms with Crippen LogP contribution in [0.4, 0.5) is 0 Å². The first kappa shape index (κ1) is 21.4. The predicted molar refractivity (Wildman–Crippen MR) is 129 cm³/mol. The van der Waals surface area contributed by atoms with Gasteiger partial charge in [-0.25, -0.2) is 0 Å². The fourth-order valence-electron chi connectivity index (χ4n) is 4.84. The van der Waals surface area contributed by atoms with Crippen molar-refractivity contribution in [1.29, 1.82) is 0 Å². The highest BCUT2D eigenvalue weighted by Crippen LogP contribution is 2.40. The molecule has 0 fully saturated rings. The van der Waals surface area contributed by atoms with E-state index in [0.29, 0.717) is 24.5 Å². The lowest BCUT2D eigenvalue weighted by molar-refractivity contribution is -0.118. The zero-order valence-corrected chi connectivity index (χ0v) is 19.1. The summed E-state index contributed by atoms with van der Waals surface area (Å²) in [5, 5.41) is 1.15. The SMILES string of the molecule is CCc1cccc(C)c1CC(=O)CCC1=CC=C(c2cc3cc(C)ccc3o2)C1CC. The van der Waals surface area contributed by atoms with E-state index in [1.807, 2.05) is 6.07 Å². The van der Waals surface area contributed by atoms with Crippen molar-refractivity contribution in [3.05, 3.63) is 88.2 Å². The van der Waals surface area contributed by atoms with Gasteiger partial charge in [-0.2, -0.15) is 0 Å². The van der Waals surface area contributed by atoms with Gasteiger partial charge in [-0.15, -0.1) is 0 Å². The number of aryl methyl sites for hydroxylation is 3. The molecular formula is C29H32O2. The maximum atomic E-state index is 12.8. The van der Waals surface area contributed by atoms with Crippen LogP contribution in [0.1, 0.15) is 61.1 Å². The molecule has 0 spiro atoms. The highest BCUT2D eigenvalue weighted by atomic mass is 16.3. The molecule has 0 saturated carbocycles. The molecule has 0 amide bonds. The molecule has 0 saturated heterocycles. The lowest BCUT2D eigenvalue weighted by Crippen LogP contribution is -2.09. The third-order valence-corrected chi connectivity index (χ3v) is 6.62.